The molecular weight excluding hydrogens is 348 g/mol. The van der Waals surface area contributed by atoms with Gasteiger partial charge in [0.1, 0.15) is 0 Å². The molecule has 1 amide bonds. The van der Waals surface area contributed by atoms with E-state index in [1.54, 1.807) is 18.2 Å². The molecule has 1 aromatic rings. The average molecular weight is 381 g/mol. The molecule has 0 unspecified atom stereocenters. The van der Waals surface area contributed by atoms with Crippen molar-refractivity contribution in [1.29, 1.82) is 0 Å². The normalized spacial score (nSPS) is 16.4. The molecule has 1 aliphatic carbocycles. The van der Waals surface area contributed by atoms with Crippen LogP contribution in [0.25, 0.3) is 0 Å². The van der Waals surface area contributed by atoms with Crippen LogP contribution in [0.3, 0.4) is 0 Å². The Morgan fingerprint density at radius 3 is 2.27 bits per heavy atom. The molecule has 0 spiro atoms. The van der Waals surface area contributed by atoms with Crippen molar-refractivity contribution in [2.45, 2.75) is 76.2 Å². The number of sulfonamides is 1. The number of benzene rings is 1. The van der Waals surface area contributed by atoms with E-state index < -0.39 is 10.0 Å². The summed E-state index contributed by atoms with van der Waals surface area (Å²) in [6.07, 6.45) is 8.28. The Morgan fingerprint density at radius 2 is 1.69 bits per heavy atom. The summed E-state index contributed by atoms with van der Waals surface area (Å²) in [5.74, 6) is -0.175. The Hall–Kier alpha value is -1.40. The minimum atomic E-state index is -3.57. The molecule has 1 fully saturated rings. The number of hydrogen-bond acceptors (Lipinski definition) is 3. The van der Waals surface area contributed by atoms with Crippen LogP contribution < -0.4 is 5.32 Å². The molecule has 0 saturated heterocycles. The van der Waals surface area contributed by atoms with Gasteiger partial charge in [-0.05, 0) is 43.9 Å². The predicted molar refractivity (Wildman–Crippen MR) is 105 cm³/mol. The third-order valence-corrected chi connectivity index (χ3v) is 6.77. The quantitative estimate of drug-likeness (QED) is 0.695. The minimum absolute atomic E-state index is 0.175. The maximum Gasteiger partial charge on any atom is 0.251 e. The summed E-state index contributed by atoms with van der Waals surface area (Å²) in [6.45, 7) is 4.92. The third kappa shape index (κ3) is 5.55. The predicted octanol–water partition coefficient (Wildman–Crippen LogP) is 3.95. The largest absolute Gasteiger partial charge is 0.349 e. The summed E-state index contributed by atoms with van der Waals surface area (Å²) in [6, 6.07) is 6.64. The minimum Gasteiger partial charge on any atom is -0.349 e. The number of rotatable bonds is 8. The van der Waals surface area contributed by atoms with Gasteiger partial charge in [0.25, 0.3) is 5.91 Å². The fraction of sp³-hybridized carbons (Fsp3) is 0.650. The van der Waals surface area contributed by atoms with Gasteiger partial charge in [-0.1, -0.05) is 45.6 Å². The smallest absolute Gasteiger partial charge is 0.251 e. The van der Waals surface area contributed by atoms with Gasteiger partial charge in [0.2, 0.25) is 10.0 Å². The van der Waals surface area contributed by atoms with Crippen molar-refractivity contribution in [2.24, 2.45) is 0 Å². The first-order chi connectivity index (χ1) is 12.5. The van der Waals surface area contributed by atoms with Crippen molar-refractivity contribution in [3.63, 3.8) is 0 Å². The third-order valence-electron chi connectivity index (χ3n) is 4.87. The van der Waals surface area contributed by atoms with Crippen LogP contribution in [-0.4, -0.2) is 37.8 Å². The van der Waals surface area contributed by atoms with Crippen molar-refractivity contribution < 1.29 is 13.2 Å². The molecule has 146 valence electrons. The lowest BCUT2D eigenvalue weighted by molar-refractivity contribution is 0.0933. The van der Waals surface area contributed by atoms with Crippen molar-refractivity contribution in [2.75, 3.05) is 13.1 Å². The second-order valence-corrected chi connectivity index (χ2v) is 9.03. The van der Waals surface area contributed by atoms with Gasteiger partial charge in [-0.15, -0.1) is 0 Å². The maximum atomic E-state index is 12.9. The molecule has 0 aromatic heterocycles. The average Bonchev–Trinajstić information content (AvgIpc) is 2.90. The number of carbonyl (C=O) groups is 1. The molecule has 1 saturated carbocycles. The molecule has 1 aliphatic rings. The van der Waals surface area contributed by atoms with E-state index in [0.29, 0.717) is 18.7 Å². The highest BCUT2D eigenvalue weighted by atomic mass is 32.2. The van der Waals surface area contributed by atoms with Crippen LogP contribution in [0.2, 0.25) is 0 Å². The van der Waals surface area contributed by atoms with Crippen molar-refractivity contribution in [3.05, 3.63) is 29.8 Å². The monoisotopic (exact) mass is 380 g/mol. The lowest BCUT2D eigenvalue weighted by atomic mass is 10.1. The van der Waals surface area contributed by atoms with Crippen molar-refractivity contribution in [1.82, 2.24) is 9.62 Å². The standard InChI is InChI=1S/C20H32N2O3S/c1-3-14-22(15-4-2)26(24,25)19-13-9-10-17(16-19)20(23)21-18-11-7-5-6-8-12-18/h9-10,13,16,18H,3-8,11-12,14-15H2,1-2H3,(H,21,23). The second-order valence-electron chi connectivity index (χ2n) is 7.09. The highest BCUT2D eigenvalue weighted by Crippen LogP contribution is 2.20. The van der Waals surface area contributed by atoms with E-state index in [9.17, 15) is 13.2 Å². The number of nitrogens with zero attached hydrogens (tertiary/aromatic N) is 1. The molecule has 0 bridgehead atoms. The van der Waals surface area contributed by atoms with E-state index in [2.05, 4.69) is 5.32 Å². The first-order valence-corrected chi connectivity index (χ1v) is 11.3. The van der Waals surface area contributed by atoms with E-state index in [1.165, 1.54) is 23.2 Å². The Kier molecular flexibility index (Phi) is 8.10. The van der Waals surface area contributed by atoms with Gasteiger partial charge >= 0.3 is 0 Å². The van der Waals surface area contributed by atoms with E-state index in [0.717, 1.165) is 38.5 Å². The summed E-state index contributed by atoms with van der Waals surface area (Å²) < 4.78 is 27.3. The topological polar surface area (TPSA) is 66.5 Å². The van der Waals surface area contributed by atoms with E-state index in [4.69, 9.17) is 0 Å². The molecule has 5 nitrogen and oxygen atoms in total. The molecule has 6 heteroatoms. The van der Waals surface area contributed by atoms with Gasteiger partial charge in [0, 0.05) is 24.7 Å². The maximum absolute atomic E-state index is 12.9. The van der Waals surface area contributed by atoms with Crippen molar-refractivity contribution in [3.8, 4) is 0 Å². The van der Waals surface area contributed by atoms with Gasteiger partial charge < -0.3 is 5.32 Å². The first-order valence-electron chi connectivity index (χ1n) is 9.90. The number of hydrogen-bond donors (Lipinski definition) is 1. The van der Waals surface area contributed by atoms with Crippen LogP contribution in [-0.2, 0) is 10.0 Å². The van der Waals surface area contributed by atoms with Gasteiger partial charge in [0.15, 0.2) is 0 Å². The van der Waals surface area contributed by atoms with Crippen LogP contribution in [0.1, 0.15) is 75.6 Å². The summed E-state index contributed by atoms with van der Waals surface area (Å²) in [5, 5.41) is 3.09. The Morgan fingerprint density at radius 1 is 1.08 bits per heavy atom. The highest BCUT2D eigenvalue weighted by Gasteiger charge is 2.24. The van der Waals surface area contributed by atoms with Crippen molar-refractivity contribution >= 4 is 15.9 Å². The first kappa shape index (κ1) is 20.9. The summed E-state index contributed by atoms with van der Waals surface area (Å²) in [4.78, 5) is 12.8. The van der Waals surface area contributed by atoms with Gasteiger partial charge in [0.05, 0.1) is 4.90 Å². The zero-order valence-electron chi connectivity index (χ0n) is 16.0. The van der Waals surface area contributed by atoms with Gasteiger partial charge in [-0.25, -0.2) is 8.42 Å². The molecule has 2 rings (SSSR count). The number of carbonyl (C=O) groups excluding carboxylic acids is 1. The van der Waals surface area contributed by atoms with Crippen LogP contribution in [0.15, 0.2) is 29.2 Å². The Balaban J connectivity index is 2.16. The van der Waals surface area contributed by atoms with Gasteiger partial charge in [-0.3, -0.25) is 4.79 Å². The van der Waals surface area contributed by atoms with E-state index in [-0.39, 0.29) is 16.8 Å². The molecular formula is C20H32N2O3S. The summed E-state index contributed by atoms with van der Waals surface area (Å²) in [7, 11) is -3.57. The zero-order chi connectivity index (χ0) is 19.0. The van der Waals surface area contributed by atoms with Gasteiger partial charge in [-0.2, -0.15) is 4.31 Å². The van der Waals surface area contributed by atoms with E-state index in [1.807, 2.05) is 13.8 Å². The fourth-order valence-corrected chi connectivity index (χ4v) is 5.16. The lowest BCUT2D eigenvalue weighted by Gasteiger charge is -2.21. The van der Waals surface area contributed by atoms with E-state index >= 15 is 0 Å². The van der Waals surface area contributed by atoms with Crippen LogP contribution in [0.5, 0.6) is 0 Å². The molecule has 1 aromatic carbocycles. The molecule has 26 heavy (non-hydrogen) atoms. The highest BCUT2D eigenvalue weighted by molar-refractivity contribution is 7.89. The SMILES string of the molecule is CCCN(CCC)S(=O)(=O)c1cccc(C(=O)NC2CCCCCC2)c1. The van der Waals surface area contributed by atoms with Crippen LogP contribution in [0.4, 0.5) is 0 Å². The molecule has 0 heterocycles. The van der Waals surface area contributed by atoms with Crippen LogP contribution >= 0.6 is 0 Å². The lowest BCUT2D eigenvalue weighted by Crippen LogP contribution is -2.35. The van der Waals surface area contributed by atoms with Crippen LogP contribution in [0, 0.1) is 0 Å². The molecule has 0 atom stereocenters. The second kappa shape index (κ2) is 10.1. The zero-order valence-corrected chi connectivity index (χ0v) is 16.9. The molecule has 0 radical (unpaired) electrons. The number of nitrogens with one attached hydrogen (secondary N) is 1. The fourth-order valence-electron chi connectivity index (χ4n) is 3.49. The molecule has 1 N–H and O–H groups in total. The number of amides is 1. The summed E-state index contributed by atoms with van der Waals surface area (Å²) >= 11 is 0. The summed E-state index contributed by atoms with van der Waals surface area (Å²) in [5.41, 5.74) is 0.420. The molecule has 0 aliphatic heterocycles. The Bertz CT molecular complexity index is 674. The Labute approximate surface area is 158 Å².